The van der Waals surface area contributed by atoms with Crippen molar-refractivity contribution in [3.63, 3.8) is 0 Å². The summed E-state index contributed by atoms with van der Waals surface area (Å²) < 4.78 is 17.8. The lowest BCUT2D eigenvalue weighted by atomic mass is 10.1. The molecule has 0 saturated carbocycles. The van der Waals surface area contributed by atoms with Crippen molar-refractivity contribution in [2.45, 2.75) is 12.5 Å². The fraction of sp³-hybridized carbons (Fsp3) is 0.500. The monoisotopic (exact) mass is 284 g/mol. The number of nitrogens with one attached hydrogen (secondary N) is 2. The number of carbonyl (C=O) groups is 1. The zero-order chi connectivity index (χ0) is 14.8. The summed E-state index contributed by atoms with van der Waals surface area (Å²) in [5.41, 5.74) is 0.516. The van der Waals surface area contributed by atoms with Crippen molar-refractivity contribution in [1.29, 1.82) is 0 Å². The highest BCUT2D eigenvalue weighted by Crippen LogP contribution is 2.12. The van der Waals surface area contributed by atoms with Crippen LogP contribution < -0.4 is 10.6 Å². The van der Waals surface area contributed by atoms with Gasteiger partial charge in [-0.15, -0.1) is 0 Å². The molecule has 112 valence electrons. The Bertz CT molecular complexity index is 415. The number of carbonyl (C=O) groups excluding carboxylic acids is 1. The third-order valence-electron chi connectivity index (χ3n) is 2.73. The number of rotatable bonds is 9. The van der Waals surface area contributed by atoms with Gasteiger partial charge in [-0.3, -0.25) is 4.79 Å². The van der Waals surface area contributed by atoms with Gasteiger partial charge in [0.15, 0.2) is 0 Å². The van der Waals surface area contributed by atoms with Crippen LogP contribution in [0.2, 0.25) is 0 Å². The van der Waals surface area contributed by atoms with Crippen LogP contribution in [-0.4, -0.2) is 44.4 Å². The first kappa shape index (κ1) is 16.6. The Labute approximate surface area is 118 Å². The molecule has 0 radical (unpaired) electrons. The molecule has 0 spiro atoms. The van der Waals surface area contributed by atoms with Gasteiger partial charge in [0, 0.05) is 33.2 Å². The third kappa shape index (κ3) is 6.60. The van der Waals surface area contributed by atoms with E-state index in [1.54, 1.807) is 19.2 Å². The van der Waals surface area contributed by atoms with Crippen LogP contribution in [0.15, 0.2) is 24.3 Å². The Morgan fingerprint density at radius 2 is 2.25 bits per heavy atom. The fourth-order valence-electron chi connectivity index (χ4n) is 1.65. The molecule has 0 saturated heterocycles. The molecule has 0 heterocycles. The lowest BCUT2D eigenvalue weighted by Crippen LogP contribution is -2.31. The van der Waals surface area contributed by atoms with E-state index in [0.29, 0.717) is 31.7 Å². The van der Waals surface area contributed by atoms with Crippen LogP contribution in [0.1, 0.15) is 18.1 Å². The van der Waals surface area contributed by atoms with Crippen LogP contribution in [0.5, 0.6) is 0 Å². The number of methoxy groups -OCH3 is 1. The lowest BCUT2D eigenvalue weighted by Gasteiger charge is -2.12. The molecular weight excluding hydrogens is 263 g/mol. The smallest absolute Gasteiger partial charge is 0.221 e. The van der Waals surface area contributed by atoms with E-state index >= 15 is 0 Å². The highest BCUT2D eigenvalue weighted by Gasteiger charge is 2.08. The number of ether oxygens (including phenoxy) is 1. The van der Waals surface area contributed by atoms with Crippen LogP contribution in [0.25, 0.3) is 0 Å². The van der Waals surface area contributed by atoms with E-state index in [-0.39, 0.29) is 18.3 Å². The number of aliphatic hydroxyl groups excluding tert-OH is 1. The van der Waals surface area contributed by atoms with Crippen molar-refractivity contribution in [1.82, 2.24) is 10.6 Å². The van der Waals surface area contributed by atoms with E-state index in [1.165, 1.54) is 12.1 Å². The first-order valence-electron chi connectivity index (χ1n) is 6.53. The predicted octanol–water partition coefficient (Wildman–Crippen LogP) is 0.601. The van der Waals surface area contributed by atoms with Gasteiger partial charge in [0.2, 0.25) is 5.91 Å². The van der Waals surface area contributed by atoms with Crippen molar-refractivity contribution in [3.05, 3.63) is 35.6 Å². The van der Waals surface area contributed by atoms with Crippen LogP contribution in [0.4, 0.5) is 4.39 Å². The summed E-state index contributed by atoms with van der Waals surface area (Å²) >= 11 is 0. The molecule has 5 nitrogen and oxygen atoms in total. The summed E-state index contributed by atoms with van der Waals surface area (Å²) in [4.78, 5) is 11.4. The molecule has 20 heavy (non-hydrogen) atoms. The maximum Gasteiger partial charge on any atom is 0.221 e. The molecule has 1 unspecified atom stereocenters. The topological polar surface area (TPSA) is 70.6 Å². The molecule has 6 heteroatoms. The van der Waals surface area contributed by atoms with Gasteiger partial charge in [0.1, 0.15) is 5.82 Å². The van der Waals surface area contributed by atoms with Crippen molar-refractivity contribution in [2.24, 2.45) is 0 Å². The van der Waals surface area contributed by atoms with E-state index in [2.05, 4.69) is 10.6 Å². The van der Waals surface area contributed by atoms with Gasteiger partial charge >= 0.3 is 0 Å². The molecule has 0 bridgehead atoms. The second kappa shape index (κ2) is 9.41. The molecule has 1 rings (SSSR count). The van der Waals surface area contributed by atoms with E-state index in [9.17, 15) is 14.3 Å². The Kier molecular flexibility index (Phi) is 7.79. The average Bonchev–Trinajstić information content (AvgIpc) is 2.43. The van der Waals surface area contributed by atoms with E-state index < -0.39 is 6.10 Å². The van der Waals surface area contributed by atoms with Crippen LogP contribution in [-0.2, 0) is 9.53 Å². The maximum atomic E-state index is 13.0. The Morgan fingerprint density at radius 1 is 1.45 bits per heavy atom. The number of benzene rings is 1. The number of halogens is 1. The van der Waals surface area contributed by atoms with Gasteiger partial charge in [0.25, 0.3) is 0 Å². The number of hydrogen-bond donors (Lipinski definition) is 3. The molecule has 1 aromatic rings. The molecule has 1 aromatic carbocycles. The molecule has 0 aliphatic heterocycles. The Hall–Kier alpha value is -1.50. The first-order chi connectivity index (χ1) is 9.63. The third-order valence-corrected chi connectivity index (χ3v) is 2.73. The van der Waals surface area contributed by atoms with Crippen LogP contribution >= 0.6 is 0 Å². The van der Waals surface area contributed by atoms with Gasteiger partial charge in [-0.25, -0.2) is 4.39 Å². The average molecular weight is 284 g/mol. The minimum absolute atomic E-state index is 0.0743. The fourth-order valence-corrected chi connectivity index (χ4v) is 1.65. The van der Waals surface area contributed by atoms with Gasteiger partial charge in [-0.1, -0.05) is 12.1 Å². The van der Waals surface area contributed by atoms with Gasteiger partial charge in [-0.05, 0) is 17.7 Å². The SMILES string of the molecule is COCCNC(=O)CCNCC(O)c1cccc(F)c1. The summed E-state index contributed by atoms with van der Waals surface area (Å²) in [5, 5.41) is 15.5. The molecule has 0 aliphatic rings. The summed E-state index contributed by atoms with van der Waals surface area (Å²) in [6, 6.07) is 5.84. The molecule has 3 N–H and O–H groups in total. The first-order valence-corrected chi connectivity index (χ1v) is 6.53. The zero-order valence-electron chi connectivity index (χ0n) is 11.6. The van der Waals surface area contributed by atoms with Crippen LogP contribution in [0.3, 0.4) is 0 Å². The predicted molar refractivity (Wildman–Crippen MR) is 73.7 cm³/mol. The minimum atomic E-state index is -0.790. The Balaban J connectivity index is 2.16. The largest absolute Gasteiger partial charge is 0.387 e. The lowest BCUT2D eigenvalue weighted by molar-refractivity contribution is -0.121. The molecule has 0 aromatic heterocycles. The summed E-state index contributed by atoms with van der Waals surface area (Å²) in [6.45, 7) is 1.69. The number of aliphatic hydroxyl groups is 1. The summed E-state index contributed by atoms with van der Waals surface area (Å²) in [7, 11) is 1.57. The minimum Gasteiger partial charge on any atom is -0.387 e. The summed E-state index contributed by atoms with van der Waals surface area (Å²) in [5.74, 6) is -0.450. The highest BCUT2D eigenvalue weighted by molar-refractivity contribution is 5.75. The van der Waals surface area contributed by atoms with Crippen molar-refractivity contribution in [2.75, 3.05) is 33.4 Å². The number of amides is 1. The normalized spacial score (nSPS) is 12.2. The molecule has 1 atom stereocenters. The summed E-state index contributed by atoms with van der Waals surface area (Å²) in [6.07, 6.45) is -0.471. The van der Waals surface area contributed by atoms with E-state index in [4.69, 9.17) is 4.74 Å². The van der Waals surface area contributed by atoms with Crippen LogP contribution in [0, 0.1) is 5.82 Å². The molecule has 0 aliphatic carbocycles. The van der Waals surface area contributed by atoms with E-state index in [0.717, 1.165) is 0 Å². The second-order valence-corrected chi connectivity index (χ2v) is 4.37. The van der Waals surface area contributed by atoms with Gasteiger partial charge in [0.05, 0.1) is 12.7 Å². The second-order valence-electron chi connectivity index (χ2n) is 4.37. The quantitative estimate of drug-likeness (QED) is 0.581. The van der Waals surface area contributed by atoms with Gasteiger partial charge < -0.3 is 20.5 Å². The van der Waals surface area contributed by atoms with Crippen molar-refractivity contribution < 1.29 is 19.0 Å². The maximum absolute atomic E-state index is 13.0. The zero-order valence-corrected chi connectivity index (χ0v) is 11.6. The van der Waals surface area contributed by atoms with Crippen molar-refractivity contribution in [3.8, 4) is 0 Å². The highest BCUT2D eigenvalue weighted by atomic mass is 19.1. The Morgan fingerprint density at radius 3 is 2.95 bits per heavy atom. The molecular formula is C14H21FN2O3. The van der Waals surface area contributed by atoms with E-state index in [1.807, 2.05) is 0 Å². The van der Waals surface area contributed by atoms with Crippen molar-refractivity contribution >= 4 is 5.91 Å². The molecule has 0 fully saturated rings. The molecule has 1 amide bonds. The van der Waals surface area contributed by atoms with Gasteiger partial charge in [-0.2, -0.15) is 0 Å². The standard InChI is InChI=1S/C14H21FN2O3/c1-20-8-7-17-14(19)5-6-16-10-13(18)11-3-2-4-12(15)9-11/h2-4,9,13,16,18H,5-8,10H2,1H3,(H,17,19). The number of hydrogen-bond acceptors (Lipinski definition) is 4.